The van der Waals surface area contributed by atoms with Crippen LogP contribution in [0, 0.1) is 0 Å². The van der Waals surface area contributed by atoms with E-state index in [4.69, 9.17) is 5.73 Å². The molecule has 5 nitrogen and oxygen atoms in total. The maximum Gasteiger partial charge on any atom is 0.339 e. The summed E-state index contributed by atoms with van der Waals surface area (Å²) in [4.78, 5) is 11.6. The minimum atomic E-state index is -1.18. The second kappa shape index (κ2) is 10.7. The summed E-state index contributed by atoms with van der Waals surface area (Å²) in [6.45, 7) is 6.62. The molecular formula is C21H31NO4. The number of hydrogen-bond acceptors (Lipinski definition) is 4. The van der Waals surface area contributed by atoms with E-state index in [1.54, 1.807) is 0 Å². The van der Waals surface area contributed by atoms with Crippen LogP contribution in [0.1, 0.15) is 67.9 Å². The number of aromatic hydroxyl groups is 2. The van der Waals surface area contributed by atoms with Gasteiger partial charge in [-0.25, -0.2) is 4.79 Å². The number of hydrogen-bond donors (Lipinski definition) is 4. The highest BCUT2D eigenvalue weighted by atomic mass is 16.4. The fraction of sp³-hybridized carbons (Fsp3) is 0.476. The Balaban J connectivity index is 3.03. The van der Waals surface area contributed by atoms with Gasteiger partial charge in [-0.2, -0.15) is 0 Å². The van der Waals surface area contributed by atoms with Gasteiger partial charge in [-0.15, -0.1) is 0 Å². The van der Waals surface area contributed by atoms with Gasteiger partial charge in [-0.3, -0.25) is 0 Å². The highest BCUT2D eigenvalue weighted by molar-refractivity contribution is 5.93. The van der Waals surface area contributed by atoms with E-state index in [2.05, 4.69) is 19.9 Å². The molecule has 0 amide bonds. The largest absolute Gasteiger partial charge is 0.508 e. The lowest BCUT2D eigenvalue weighted by Crippen LogP contribution is -2.06. The number of nitrogens with two attached hydrogens (primary N) is 1. The molecule has 5 heteroatoms. The van der Waals surface area contributed by atoms with Crippen LogP contribution in [0.25, 0.3) is 0 Å². The van der Waals surface area contributed by atoms with Crippen LogP contribution in [-0.4, -0.2) is 27.8 Å². The number of rotatable bonds is 10. The lowest BCUT2D eigenvalue weighted by atomic mass is 9.95. The zero-order chi connectivity index (χ0) is 19.7. The second-order valence-corrected chi connectivity index (χ2v) is 6.88. The Kier molecular flexibility index (Phi) is 8.93. The van der Waals surface area contributed by atoms with Crippen molar-refractivity contribution >= 4 is 5.97 Å². The monoisotopic (exact) mass is 361 g/mol. The fourth-order valence-corrected chi connectivity index (χ4v) is 2.81. The van der Waals surface area contributed by atoms with Crippen molar-refractivity contribution < 1.29 is 20.1 Å². The number of unbranched alkanes of at least 4 members (excludes halogenated alkanes) is 1. The molecule has 5 N–H and O–H groups in total. The van der Waals surface area contributed by atoms with Gasteiger partial charge >= 0.3 is 5.97 Å². The Hall–Kier alpha value is -2.27. The number of aryl methyl sites for hydroxylation is 1. The average molecular weight is 361 g/mol. The molecule has 0 saturated carbocycles. The maximum absolute atomic E-state index is 11.6. The predicted octanol–water partition coefficient (Wildman–Crippen LogP) is 4.31. The highest BCUT2D eigenvalue weighted by Crippen LogP contribution is 2.35. The summed E-state index contributed by atoms with van der Waals surface area (Å²) in [6, 6.07) is 1.46. The molecule has 0 unspecified atom stereocenters. The first-order chi connectivity index (χ1) is 12.3. The van der Waals surface area contributed by atoms with Gasteiger partial charge in [0.1, 0.15) is 17.1 Å². The van der Waals surface area contributed by atoms with Gasteiger partial charge in [-0.1, -0.05) is 23.3 Å². The lowest BCUT2D eigenvalue weighted by molar-refractivity contribution is 0.0692. The molecule has 0 spiro atoms. The first-order valence-electron chi connectivity index (χ1n) is 9.07. The second-order valence-electron chi connectivity index (χ2n) is 6.88. The molecule has 0 saturated heterocycles. The molecular weight excluding hydrogens is 330 g/mol. The minimum Gasteiger partial charge on any atom is -0.508 e. The summed E-state index contributed by atoms with van der Waals surface area (Å²) in [7, 11) is 0. The number of carbonyl (C=O) groups is 1. The van der Waals surface area contributed by atoms with Gasteiger partial charge < -0.3 is 21.1 Å². The van der Waals surface area contributed by atoms with Gasteiger partial charge in [0.15, 0.2) is 0 Å². The first kappa shape index (κ1) is 21.8. The third-order valence-corrected chi connectivity index (χ3v) is 4.32. The number of benzene rings is 1. The van der Waals surface area contributed by atoms with Crippen LogP contribution in [-0.2, 0) is 12.8 Å². The highest BCUT2D eigenvalue weighted by Gasteiger charge is 2.21. The number of carboxylic acid groups (broad SMARTS) is 1. The van der Waals surface area contributed by atoms with Crippen LogP contribution in [0.2, 0.25) is 0 Å². The summed E-state index contributed by atoms with van der Waals surface area (Å²) in [5.41, 5.74) is 8.44. The fourth-order valence-electron chi connectivity index (χ4n) is 2.81. The van der Waals surface area contributed by atoms with E-state index >= 15 is 0 Å². The van der Waals surface area contributed by atoms with Crippen molar-refractivity contribution in [3.63, 3.8) is 0 Å². The van der Waals surface area contributed by atoms with Crippen molar-refractivity contribution in [3.05, 3.63) is 46.1 Å². The topological polar surface area (TPSA) is 104 Å². The molecule has 1 aromatic carbocycles. The first-order valence-corrected chi connectivity index (χ1v) is 9.07. The van der Waals surface area contributed by atoms with E-state index < -0.39 is 5.97 Å². The summed E-state index contributed by atoms with van der Waals surface area (Å²) in [5.74, 6) is -1.59. The van der Waals surface area contributed by atoms with Crippen molar-refractivity contribution in [2.45, 2.75) is 59.3 Å². The molecule has 0 bridgehead atoms. The van der Waals surface area contributed by atoms with Gasteiger partial charge in [0.2, 0.25) is 0 Å². The van der Waals surface area contributed by atoms with E-state index in [0.29, 0.717) is 31.4 Å². The van der Waals surface area contributed by atoms with Crippen molar-refractivity contribution in [2.75, 3.05) is 6.54 Å². The van der Waals surface area contributed by atoms with Crippen LogP contribution >= 0.6 is 0 Å². The number of aromatic carboxylic acids is 1. The molecule has 0 aliphatic rings. The van der Waals surface area contributed by atoms with E-state index in [0.717, 1.165) is 24.8 Å². The van der Waals surface area contributed by atoms with Crippen LogP contribution in [0.4, 0.5) is 0 Å². The number of allylic oxidation sites excluding steroid dienone is 4. The Labute approximate surface area is 155 Å². The van der Waals surface area contributed by atoms with Gasteiger partial charge in [0.25, 0.3) is 0 Å². The van der Waals surface area contributed by atoms with Gasteiger partial charge in [0, 0.05) is 5.56 Å². The molecule has 0 atom stereocenters. The molecule has 26 heavy (non-hydrogen) atoms. The Morgan fingerprint density at radius 2 is 1.85 bits per heavy atom. The zero-order valence-electron chi connectivity index (χ0n) is 16.0. The quantitative estimate of drug-likeness (QED) is 0.367. The van der Waals surface area contributed by atoms with Crippen molar-refractivity contribution in [1.82, 2.24) is 0 Å². The van der Waals surface area contributed by atoms with Gasteiger partial charge in [-0.05, 0) is 77.5 Å². The smallest absolute Gasteiger partial charge is 0.339 e. The molecule has 0 radical (unpaired) electrons. The number of phenols is 2. The minimum absolute atomic E-state index is 0.0661. The van der Waals surface area contributed by atoms with Crippen LogP contribution in [0.3, 0.4) is 0 Å². The third kappa shape index (κ3) is 6.56. The van der Waals surface area contributed by atoms with E-state index in [9.17, 15) is 20.1 Å². The summed E-state index contributed by atoms with van der Waals surface area (Å²) in [6.07, 6.45) is 8.12. The van der Waals surface area contributed by atoms with Crippen LogP contribution in [0.15, 0.2) is 29.4 Å². The van der Waals surface area contributed by atoms with Crippen LogP contribution < -0.4 is 5.73 Å². The van der Waals surface area contributed by atoms with Gasteiger partial charge in [0.05, 0.1) is 0 Å². The zero-order valence-corrected chi connectivity index (χ0v) is 16.0. The van der Waals surface area contributed by atoms with Crippen molar-refractivity contribution in [1.29, 1.82) is 0 Å². The predicted molar refractivity (Wildman–Crippen MR) is 105 cm³/mol. The molecule has 0 aromatic heterocycles. The molecule has 1 rings (SSSR count). The summed E-state index contributed by atoms with van der Waals surface area (Å²) < 4.78 is 0. The van der Waals surface area contributed by atoms with Crippen molar-refractivity contribution in [2.24, 2.45) is 5.73 Å². The summed E-state index contributed by atoms with van der Waals surface area (Å²) >= 11 is 0. The lowest BCUT2D eigenvalue weighted by Gasteiger charge is -2.14. The van der Waals surface area contributed by atoms with E-state index in [1.807, 2.05) is 13.0 Å². The molecule has 0 aliphatic carbocycles. The molecule has 0 fully saturated rings. The van der Waals surface area contributed by atoms with E-state index in [1.165, 1.54) is 11.6 Å². The number of carboxylic acids is 1. The Morgan fingerprint density at radius 3 is 2.42 bits per heavy atom. The standard InChI is InChI=1S/C21H31NO4/c1-14(2)7-6-8-15(3)10-11-17-18(23)13-16(9-4-5-12-22)19(20(17)24)21(25)26/h7,10,13,23-24H,4-6,8-9,11-12,22H2,1-3H3,(H,25,26). The van der Waals surface area contributed by atoms with Crippen molar-refractivity contribution in [3.8, 4) is 11.5 Å². The molecule has 0 heterocycles. The Morgan fingerprint density at radius 1 is 1.15 bits per heavy atom. The van der Waals surface area contributed by atoms with E-state index in [-0.39, 0.29) is 22.6 Å². The summed E-state index contributed by atoms with van der Waals surface area (Å²) in [5, 5.41) is 30.2. The van der Waals surface area contributed by atoms with Crippen LogP contribution in [0.5, 0.6) is 11.5 Å². The third-order valence-electron chi connectivity index (χ3n) is 4.32. The number of phenolic OH excluding ortho intramolecular Hbond substituents is 1. The molecule has 1 aromatic rings. The Bertz CT molecular complexity index is 686. The maximum atomic E-state index is 11.6. The average Bonchev–Trinajstić information content (AvgIpc) is 2.53. The molecule has 0 aliphatic heterocycles. The SMILES string of the molecule is CC(C)=CCCC(C)=CCc1c(O)cc(CCCCN)c(C(=O)O)c1O. The molecule has 144 valence electrons. The normalized spacial score (nSPS) is 11.5.